The summed E-state index contributed by atoms with van der Waals surface area (Å²) in [6.07, 6.45) is 0. The Morgan fingerprint density at radius 1 is 1.21 bits per heavy atom. The van der Waals surface area contributed by atoms with E-state index in [1.54, 1.807) is 13.0 Å². The number of benzene rings is 1. The molecule has 2 rings (SSSR count). The van der Waals surface area contributed by atoms with Crippen LogP contribution in [-0.4, -0.2) is 4.98 Å². The first-order chi connectivity index (χ1) is 8.99. The molecule has 6 heteroatoms. The zero-order chi connectivity index (χ0) is 14.0. The molecule has 0 aliphatic heterocycles. The van der Waals surface area contributed by atoms with Crippen molar-refractivity contribution in [3.8, 4) is 17.7 Å². The maximum absolute atomic E-state index is 13.5. The molecule has 0 aliphatic rings. The van der Waals surface area contributed by atoms with Crippen LogP contribution in [0, 0.1) is 29.9 Å². The molecule has 0 bridgehead atoms. The molecule has 0 atom stereocenters. The predicted molar refractivity (Wildman–Crippen MR) is 64.5 cm³/mol. The molecule has 0 radical (unpaired) electrons. The molecule has 2 aromatic rings. The molecule has 0 amide bonds. The van der Waals surface area contributed by atoms with Crippen molar-refractivity contribution in [2.45, 2.75) is 6.92 Å². The lowest BCUT2D eigenvalue weighted by Crippen LogP contribution is -1.97. The smallest absolute Gasteiger partial charge is 0.220 e. The Labute approximate surface area is 108 Å². The summed E-state index contributed by atoms with van der Waals surface area (Å²) in [5.41, 5.74) is 5.77. The van der Waals surface area contributed by atoms with Gasteiger partial charge in [-0.1, -0.05) is 0 Å². The van der Waals surface area contributed by atoms with Crippen molar-refractivity contribution in [3.05, 3.63) is 47.2 Å². The van der Waals surface area contributed by atoms with E-state index in [4.69, 9.17) is 15.7 Å². The molecule has 0 fully saturated rings. The summed E-state index contributed by atoms with van der Waals surface area (Å²) in [6, 6.07) is 6.46. The molecule has 0 saturated heterocycles. The zero-order valence-electron chi connectivity index (χ0n) is 9.95. The Morgan fingerprint density at radius 3 is 2.63 bits per heavy atom. The number of rotatable bonds is 2. The van der Waals surface area contributed by atoms with Gasteiger partial charge in [-0.2, -0.15) is 5.26 Å². The third-order valence-corrected chi connectivity index (χ3v) is 2.32. The second-order valence-electron chi connectivity index (χ2n) is 3.85. The second-order valence-corrected chi connectivity index (χ2v) is 3.85. The lowest BCUT2D eigenvalue weighted by Gasteiger charge is -2.08. The van der Waals surface area contributed by atoms with Gasteiger partial charge in [0.2, 0.25) is 5.88 Å². The summed E-state index contributed by atoms with van der Waals surface area (Å²) in [5, 5.41) is 8.80. The van der Waals surface area contributed by atoms with Crippen LogP contribution in [0.2, 0.25) is 0 Å². The highest BCUT2D eigenvalue weighted by Crippen LogP contribution is 2.27. The maximum Gasteiger partial charge on any atom is 0.220 e. The van der Waals surface area contributed by atoms with E-state index in [1.807, 2.05) is 6.07 Å². The van der Waals surface area contributed by atoms with Crippen LogP contribution >= 0.6 is 0 Å². The highest BCUT2D eigenvalue weighted by Gasteiger charge is 2.11. The molecular weight excluding hydrogens is 252 g/mol. The van der Waals surface area contributed by atoms with Gasteiger partial charge in [-0.15, -0.1) is 0 Å². The highest BCUT2D eigenvalue weighted by molar-refractivity contribution is 5.46. The monoisotopic (exact) mass is 261 g/mol. The van der Waals surface area contributed by atoms with Gasteiger partial charge in [0.15, 0.2) is 11.6 Å². The Morgan fingerprint density at radius 2 is 1.95 bits per heavy atom. The number of pyridine rings is 1. The van der Waals surface area contributed by atoms with Crippen molar-refractivity contribution in [1.82, 2.24) is 4.98 Å². The van der Waals surface area contributed by atoms with Gasteiger partial charge in [-0.05, 0) is 13.0 Å². The summed E-state index contributed by atoms with van der Waals surface area (Å²) in [7, 11) is 0. The lowest BCUT2D eigenvalue weighted by atomic mass is 10.2. The van der Waals surface area contributed by atoms with Gasteiger partial charge in [0.05, 0.1) is 17.3 Å². The number of halogens is 2. The molecule has 0 aliphatic carbocycles. The number of aromatic nitrogens is 1. The van der Waals surface area contributed by atoms with Gasteiger partial charge in [-0.25, -0.2) is 13.8 Å². The fourth-order valence-corrected chi connectivity index (χ4v) is 1.49. The van der Waals surface area contributed by atoms with Crippen molar-refractivity contribution >= 4 is 5.69 Å². The van der Waals surface area contributed by atoms with Crippen LogP contribution in [-0.2, 0) is 0 Å². The van der Waals surface area contributed by atoms with Crippen molar-refractivity contribution < 1.29 is 13.5 Å². The normalized spacial score (nSPS) is 10.0. The molecule has 0 unspecified atom stereocenters. The van der Waals surface area contributed by atoms with Gasteiger partial charge in [0.1, 0.15) is 5.82 Å². The van der Waals surface area contributed by atoms with Gasteiger partial charge in [0.25, 0.3) is 0 Å². The van der Waals surface area contributed by atoms with E-state index in [0.29, 0.717) is 11.3 Å². The Hall–Kier alpha value is -2.68. The third kappa shape index (κ3) is 2.77. The number of hydrogen-bond donors (Lipinski definition) is 1. The minimum atomic E-state index is -0.805. The van der Waals surface area contributed by atoms with Gasteiger partial charge in [-0.3, -0.25) is 0 Å². The molecule has 0 saturated carbocycles. The van der Waals surface area contributed by atoms with Crippen LogP contribution in [0.4, 0.5) is 14.5 Å². The SMILES string of the molecule is Cc1cc(C#N)cc(Oc2cc(F)c(N)cc2F)n1. The largest absolute Gasteiger partial charge is 0.436 e. The Kier molecular flexibility index (Phi) is 3.29. The quantitative estimate of drug-likeness (QED) is 0.843. The summed E-state index contributed by atoms with van der Waals surface area (Å²) in [5.74, 6) is -1.92. The number of anilines is 1. The molecule has 1 aromatic heterocycles. The molecule has 1 aromatic carbocycles. The molecule has 96 valence electrons. The summed E-state index contributed by atoms with van der Waals surface area (Å²) in [6.45, 7) is 1.66. The summed E-state index contributed by atoms with van der Waals surface area (Å²) >= 11 is 0. The number of aryl methyl sites for hydroxylation is 1. The second kappa shape index (κ2) is 4.90. The van der Waals surface area contributed by atoms with E-state index in [9.17, 15) is 8.78 Å². The number of hydrogen-bond acceptors (Lipinski definition) is 4. The fourth-order valence-electron chi connectivity index (χ4n) is 1.49. The molecule has 19 heavy (non-hydrogen) atoms. The highest BCUT2D eigenvalue weighted by atomic mass is 19.1. The minimum absolute atomic E-state index is 0.0135. The van der Waals surface area contributed by atoms with Crippen molar-refractivity contribution in [2.75, 3.05) is 5.73 Å². The number of nitrogens with two attached hydrogens (primary N) is 1. The number of nitrogens with zero attached hydrogens (tertiary/aromatic N) is 2. The average molecular weight is 261 g/mol. The van der Waals surface area contributed by atoms with E-state index in [1.165, 1.54) is 6.07 Å². The molecule has 0 spiro atoms. The van der Waals surface area contributed by atoms with E-state index >= 15 is 0 Å². The van der Waals surface area contributed by atoms with Gasteiger partial charge in [0, 0.05) is 23.9 Å². The van der Waals surface area contributed by atoms with Gasteiger partial charge < -0.3 is 10.5 Å². The van der Waals surface area contributed by atoms with Crippen molar-refractivity contribution in [3.63, 3.8) is 0 Å². The van der Waals surface area contributed by atoms with E-state index < -0.39 is 11.6 Å². The number of nitriles is 1. The zero-order valence-corrected chi connectivity index (χ0v) is 9.95. The van der Waals surface area contributed by atoms with Crippen LogP contribution in [0.15, 0.2) is 24.3 Å². The van der Waals surface area contributed by atoms with Crippen LogP contribution in [0.3, 0.4) is 0 Å². The summed E-state index contributed by atoms with van der Waals surface area (Å²) in [4.78, 5) is 3.98. The fraction of sp³-hybridized carbons (Fsp3) is 0.0769. The first kappa shape index (κ1) is 12.8. The number of ether oxygens (including phenoxy) is 1. The lowest BCUT2D eigenvalue weighted by molar-refractivity contribution is 0.422. The topological polar surface area (TPSA) is 71.9 Å². The Balaban J connectivity index is 2.39. The first-order valence-corrected chi connectivity index (χ1v) is 5.31. The first-order valence-electron chi connectivity index (χ1n) is 5.31. The average Bonchev–Trinajstić information content (AvgIpc) is 2.35. The predicted octanol–water partition coefficient (Wildman–Crippen LogP) is 2.91. The van der Waals surface area contributed by atoms with Crippen LogP contribution < -0.4 is 10.5 Å². The minimum Gasteiger partial charge on any atom is -0.436 e. The summed E-state index contributed by atoms with van der Waals surface area (Å²) < 4.78 is 31.9. The van der Waals surface area contributed by atoms with Crippen LogP contribution in [0.5, 0.6) is 11.6 Å². The van der Waals surface area contributed by atoms with Crippen LogP contribution in [0.1, 0.15) is 11.3 Å². The third-order valence-electron chi connectivity index (χ3n) is 2.32. The standard InChI is InChI=1S/C13H9F2N3O/c1-7-2-8(6-16)3-13(18-7)19-12-5-9(14)11(17)4-10(12)15/h2-5H,17H2,1H3. The number of nitrogen functional groups attached to an aromatic ring is 1. The van der Waals surface area contributed by atoms with Crippen LogP contribution in [0.25, 0.3) is 0 Å². The van der Waals surface area contributed by atoms with Crippen molar-refractivity contribution in [1.29, 1.82) is 5.26 Å². The van der Waals surface area contributed by atoms with E-state index in [0.717, 1.165) is 12.1 Å². The maximum atomic E-state index is 13.5. The molecule has 1 heterocycles. The van der Waals surface area contributed by atoms with E-state index in [-0.39, 0.29) is 17.3 Å². The molecule has 4 nitrogen and oxygen atoms in total. The Bertz CT molecular complexity index is 680. The van der Waals surface area contributed by atoms with E-state index in [2.05, 4.69) is 4.98 Å². The van der Waals surface area contributed by atoms with Crippen molar-refractivity contribution in [2.24, 2.45) is 0 Å². The van der Waals surface area contributed by atoms with Gasteiger partial charge >= 0.3 is 0 Å². The molecular formula is C13H9F2N3O. The molecule has 2 N–H and O–H groups in total.